The SMILES string of the molecule is Cc1nc(C(C)CCC2CC2)c2c(n1)C(c1ccc(Cl)cc1Cl)N(N)O2. The van der Waals surface area contributed by atoms with Gasteiger partial charge in [0, 0.05) is 16.0 Å². The number of aromatic nitrogens is 2. The van der Waals surface area contributed by atoms with Crippen LogP contribution in [-0.2, 0) is 0 Å². The van der Waals surface area contributed by atoms with Gasteiger partial charge in [-0.2, -0.15) is 0 Å². The zero-order valence-electron chi connectivity index (χ0n) is 14.9. The second-order valence-corrected chi connectivity index (χ2v) is 8.16. The molecule has 0 spiro atoms. The molecule has 4 rings (SSSR count). The minimum atomic E-state index is -0.383. The first-order chi connectivity index (χ1) is 12.4. The molecule has 0 bridgehead atoms. The van der Waals surface area contributed by atoms with E-state index in [0.29, 0.717) is 27.5 Å². The van der Waals surface area contributed by atoms with Gasteiger partial charge in [-0.15, -0.1) is 0 Å². The molecule has 7 heteroatoms. The molecule has 1 aliphatic heterocycles. The van der Waals surface area contributed by atoms with Gasteiger partial charge in [0.2, 0.25) is 0 Å². The van der Waals surface area contributed by atoms with E-state index in [-0.39, 0.29) is 6.04 Å². The van der Waals surface area contributed by atoms with E-state index in [1.165, 1.54) is 24.4 Å². The summed E-state index contributed by atoms with van der Waals surface area (Å²) in [7, 11) is 0. The highest BCUT2D eigenvalue weighted by molar-refractivity contribution is 6.35. The van der Waals surface area contributed by atoms with E-state index in [1.807, 2.05) is 13.0 Å². The lowest BCUT2D eigenvalue weighted by atomic mass is 9.96. The Morgan fingerprint density at radius 3 is 2.77 bits per heavy atom. The van der Waals surface area contributed by atoms with Crippen LogP contribution in [0.1, 0.15) is 67.3 Å². The van der Waals surface area contributed by atoms with Crippen LogP contribution in [0.5, 0.6) is 5.75 Å². The molecule has 0 saturated heterocycles. The van der Waals surface area contributed by atoms with Gasteiger partial charge in [-0.25, -0.2) is 15.8 Å². The number of rotatable bonds is 5. The summed E-state index contributed by atoms with van der Waals surface area (Å²) in [5.41, 5.74) is 2.50. The number of hydrogen-bond donors (Lipinski definition) is 1. The van der Waals surface area contributed by atoms with Crippen molar-refractivity contribution < 1.29 is 4.84 Å². The lowest BCUT2D eigenvalue weighted by Gasteiger charge is -2.18. The zero-order valence-corrected chi connectivity index (χ0v) is 16.4. The van der Waals surface area contributed by atoms with Crippen molar-refractivity contribution in [3.05, 3.63) is 51.0 Å². The first-order valence-corrected chi connectivity index (χ1v) is 9.75. The van der Waals surface area contributed by atoms with E-state index in [2.05, 4.69) is 16.9 Å². The lowest BCUT2D eigenvalue weighted by molar-refractivity contribution is -0.0626. The molecule has 2 N–H and O–H groups in total. The molecule has 2 unspecified atom stereocenters. The van der Waals surface area contributed by atoms with Crippen LogP contribution in [-0.4, -0.2) is 15.1 Å². The van der Waals surface area contributed by atoms with Gasteiger partial charge in [-0.3, -0.25) is 0 Å². The number of benzene rings is 1. The Labute approximate surface area is 163 Å². The van der Waals surface area contributed by atoms with Gasteiger partial charge in [0.05, 0.1) is 5.69 Å². The third-order valence-corrected chi connectivity index (χ3v) is 5.73. The second-order valence-electron chi connectivity index (χ2n) is 7.31. The lowest BCUT2D eigenvalue weighted by Crippen LogP contribution is -2.34. The molecule has 1 aromatic heterocycles. The highest BCUT2D eigenvalue weighted by Crippen LogP contribution is 2.45. The van der Waals surface area contributed by atoms with Crippen molar-refractivity contribution in [3.8, 4) is 5.75 Å². The van der Waals surface area contributed by atoms with E-state index < -0.39 is 0 Å². The first-order valence-electron chi connectivity index (χ1n) is 8.99. The summed E-state index contributed by atoms with van der Waals surface area (Å²) in [5, 5.41) is 2.43. The van der Waals surface area contributed by atoms with Gasteiger partial charge in [0.1, 0.15) is 17.6 Å². The summed E-state index contributed by atoms with van der Waals surface area (Å²) in [6.07, 6.45) is 5.04. The molecule has 2 heterocycles. The largest absolute Gasteiger partial charge is 0.386 e. The third-order valence-electron chi connectivity index (χ3n) is 5.17. The number of halogens is 2. The summed E-state index contributed by atoms with van der Waals surface area (Å²) in [4.78, 5) is 15.2. The van der Waals surface area contributed by atoms with Crippen LogP contribution >= 0.6 is 23.2 Å². The van der Waals surface area contributed by atoms with Gasteiger partial charge < -0.3 is 4.84 Å². The highest BCUT2D eigenvalue weighted by Gasteiger charge is 2.38. The standard InChI is InChI=1S/C19H22Cl2N4O/c1-10(3-4-12-5-6-12)16-19-17(24-11(2)23-16)18(25(22)26-19)14-8-7-13(20)9-15(14)21/h7-10,12,18H,3-6,22H2,1-2H3. The Hall–Kier alpha value is -1.40. The van der Waals surface area contributed by atoms with Crippen LogP contribution in [0, 0.1) is 12.8 Å². The molecular formula is C19H22Cl2N4O. The van der Waals surface area contributed by atoms with Gasteiger partial charge in [-0.05, 0) is 43.4 Å². The van der Waals surface area contributed by atoms with Crippen LogP contribution in [0.2, 0.25) is 10.0 Å². The predicted molar refractivity (Wildman–Crippen MR) is 102 cm³/mol. The number of nitrogens with two attached hydrogens (primary N) is 1. The monoisotopic (exact) mass is 392 g/mol. The van der Waals surface area contributed by atoms with Gasteiger partial charge in [-0.1, -0.05) is 54.2 Å². The number of nitrogens with zero attached hydrogens (tertiary/aromatic N) is 3. The molecule has 2 aromatic rings. The van der Waals surface area contributed by atoms with Crippen molar-refractivity contribution in [2.24, 2.45) is 11.8 Å². The van der Waals surface area contributed by atoms with Gasteiger partial charge in [0.25, 0.3) is 0 Å². The van der Waals surface area contributed by atoms with Crippen molar-refractivity contribution in [1.82, 2.24) is 15.1 Å². The molecule has 1 aliphatic carbocycles. The second kappa shape index (κ2) is 6.97. The molecule has 2 atom stereocenters. The molecule has 26 heavy (non-hydrogen) atoms. The van der Waals surface area contributed by atoms with Crippen molar-refractivity contribution >= 4 is 23.2 Å². The molecule has 138 valence electrons. The van der Waals surface area contributed by atoms with E-state index >= 15 is 0 Å². The van der Waals surface area contributed by atoms with Gasteiger partial charge >= 0.3 is 0 Å². The summed E-state index contributed by atoms with van der Waals surface area (Å²) >= 11 is 12.4. The van der Waals surface area contributed by atoms with Crippen LogP contribution in [0.3, 0.4) is 0 Å². The van der Waals surface area contributed by atoms with Crippen molar-refractivity contribution in [1.29, 1.82) is 0 Å². The minimum absolute atomic E-state index is 0.291. The third kappa shape index (κ3) is 3.41. The van der Waals surface area contributed by atoms with Crippen molar-refractivity contribution in [3.63, 3.8) is 0 Å². The maximum Gasteiger partial charge on any atom is 0.194 e. The molecule has 1 fully saturated rings. The highest BCUT2D eigenvalue weighted by atomic mass is 35.5. The maximum atomic E-state index is 6.41. The van der Waals surface area contributed by atoms with E-state index in [9.17, 15) is 0 Å². The van der Waals surface area contributed by atoms with E-state index in [4.69, 9.17) is 33.9 Å². The average Bonchev–Trinajstić information content (AvgIpc) is 3.35. The van der Waals surface area contributed by atoms with Crippen molar-refractivity contribution in [2.45, 2.75) is 51.5 Å². The molecule has 0 radical (unpaired) electrons. The summed E-state index contributed by atoms with van der Waals surface area (Å²) in [6.45, 7) is 4.09. The number of hydrogen-bond acceptors (Lipinski definition) is 5. The molecule has 0 amide bonds. The fraction of sp³-hybridized carbons (Fsp3) is 0.474. The first kappa shape index (κ1) is 18.0. The van der Waals surface area contributed by atoms with Crippen LogP contribution in [0.25, 0.3) is 0 Å². The summed E-state index contributed by atoms with van der Waals surface area (Å²) < 4.78 is 0. The molecule has 1 aromatic carbocycles. The number of fused-ring (bicyclic) bond motifs is 1. The summed E-state index contributed by atoms with van der Waals surface area (Å²) in [5.74, 6) is 8.73. The summed E-state index contributed by atoms with van der Waals surface area (Å²) in [6, 6.07) is 4.98. The number of aryl methyl sites for hydroxylation is 1. The minimum Gasteiger partial charge on any atom is -0.386 e. The quantitative estimate of drug-likeness (QED) is 0.728. The molecule has 2 aliphatic rings. The Morgan fingerprint density at radius 1 is 1.31 bits per heavy atom. The Balaban J connectivity index is 1.71. The fourth-order valence-corrected chi connectivity index (χ4v) is 4.05. The molecular weight excluding hydrogens is 371 g/mol. The molecule has 1 saturated carbocycles. The Bertz CT molecular complexity index is 841. The zero-order chi connectivity index (χ0) is 18.4. The van der Waals surface area contributed by atoms with Crippen LogP contribution in [0.15, 0.2) is 18.2 Å². The van der Waals surface area contributed by atoms with Crippen molar-refractivity contribution in [2.75, 3.05) is 0 Å². The van der Waals surface area contributed by atoms with Crippen LogP contribution in [0.4, 0.5) is 0 Å². The Kier molecular flexibility index (Phi) is 4.82. The predicted octanol–water partition coefficient (Wildman–Crippen LogP) is 4.96. The topological polar surface area (TPSA) is 64.3 Å². The smallest absolute Gasteiger partial charge is 0.194 e. The van der Waals surface area contributed by atoms with E-state index in [1.54, 1.807) is 12.1 Å². The normalized spacial score (nSPS) is 20.7. The Morgan fingerprint density at radius 2 is 2.08 bits per heavy atom. The number of hydrazine groups is 1. The average molecular weight is 393 g/mol. The van der Waals surface area contributed by atoms with E-state index in [0.717, 1.165) is 29.3 Å². The number of hydroxylamine groups is 1. The maximum absolute atomic E-state index is 6.41. The molecule has 5 nitrogen and oxygen atoms in total. The van der Waals surface area contributed by atoms with Crippen LogP contribution < -0.4 is 10.7 Å². The van der Waals surface area contributed by atoms with Gasteiger partial charge in [0.15, 0.2) is 5.75 Å². The fourth-order valence-electron chi connectivity index (χ4n) is 3.53.